The van der Waals surface area contributed by atoms with Crippen molar-refractivity contribution in [3.05, 3.63) is 11.1 Å². The molecule has 1 heterocycles. The van der Waals surface area contributed by atoms with Crippen LogP contribution in [0, 0.1) is 5.41 Å². The number of ether oxygens (including phenoxy) is 1. The number of aromatic nitrogens is 1. The minimum Gasteiger partial charge on any atom is -0.469 e. The quantitative estimate of drug-likeness (QED) is 0.765. The molecule has 0 saturated carbocycles. The summed E-state index contributed by atoms with van der Waals surface area (Å²) in [6.45, 7) is 13.7. The van der Waals surface area contributed by atoms with E-state index in [1.54, 1.807) is 11.3 Å². The van der Waals surface area contributed by atoms with E-state index in [0.717, 1.165) is 10.9 Å². The maximum absolute atomic E-state index is 5.65. The summed E-state index contributed by atoms with van der Waals surface area (Å²) < 4.78 is 5.65. The molecule has 0 N–H and O–H groups in total. The molecule has 0 unspecified atom stereocenters. The van der Waals surface area contributed by atoms with Crippen LogP contribution in [0.1, 0.15) is 47.2 Å². The van der Waals surface area contributed by atoms with Crippen LogP contribution in [-0.4, -0.2) is 11.6 Å². The second-order valence-electron chi connectivity index (χ2n) is 6.10. The molecule has 0 saturated heterocycles. The van der Waals surface area contributed by atoms with Crippen LogP contribution in [0.3, 0.4) is 0 Å². The molecule has 0 aromatic carbocycles. The molecule has 3 heteroatoms. The van der Waals surface area contributed by atoms with E-state index in [-0.39, 0.29) is 10.8 Å². The van der Waals surface area contributed by atoms with E-state index in [2.05, 4.69) is 51.9 Å². The maximum atomic E-state index is 5.65. The predicted molar refractivity (Wildman–Crippen MR) is 65.8 cm³/mol. The van der Waals surface area contributed by atoms with Gasteiger partial charge in [-0.3, -0.25) is 0 Å². The highest BCUT2D eigenvalue weighted by molar-refractivity contribution is 7.11. The van der Waals surface area contributed by atoms with E-state index in [1.165, 1.54) is 0 Å². The first-order valence-corrected chi connectivity index (χ1v) is 6.15. The number of nitrogens with zero attached hydrogens (tertiary/aromatic N) is 1. The fourth-order valence-corrected chi connectivity index (χ4v) is 1.84. The van der Waals surface area contributed by atoms with Crippen molar-refractivity contribution in [3.63, 3.8) is 0 Å². The Kier molecular flexibility index (Phi) is 3.44. The van der Waals surface area contributed by atoms with Crippen LogP contribution in [0.15, 0.2) is 5.38 Å². The van der Waals surface area contributed by atoms with E-state index in [4.69, 9.17) is 4.74 Å². The van der Waals surface area contributed by atoms with Gasteiger partial charge in [-0.2, -0.15) is 0 Å². The van der Waals surface area contributed by atoms with Gasteiger partial charge in [0.1, 0.15) is 0 Å². The Labute approximate surface area is 96.7 Å². The zero-order chi connectivity index (χ0) is 11.7. The molecule has 0 bridgehead atoms. The van der Waals surface area contributed by atoms with Gasteiger partial charge < -0.3 is 4.74 Å². The molecule has 0 fully saturated rings. The number of rotatable bonds is 2. The molecule has 2 nitrogen and oxygen atoms in total. The molecule has 0 aliphatic carbocycles. The van der Waals surface area contributed by atoms with Crippen LogP contribution >= 0.6 is 11.3 Å². The lowest BCUT2D eigenvalue weighted by Gasteiger charge is -2.17. The summed E-state index contributed by atoms with van der Waals surface area (Å²) in [7, 11) is 0. The normalized spacial score (nSPS) is 12.9. The molecule has 1 rings (SSSR count). The largest absolute Gasteiger partial charge is 0.469 e. The van der Waals surface area contributed by atoms with Crippen molar-refractivity contribution >= 4 is 11.3 Å². The Hall–Kier alpha value is -0.570. The molecule has 0 aliphatic rings. The molecule has 86 valence electrons. The topological polar surface area (TPSA) is 22.1 Å². The zero-order valence-corrected chi connectivity index (χ0v) is 11.4. The van der Waals surface area contributed by atoms with Crippen LogP contribution in [0.2, 0.25) is 0 Å². The van der Waals surface area contributed by atoms with Crippen molar-refractivity contribution in [1.82, 2.24) is 4.98 Å². The molecule has 0 spiro atoms. The summed E-state index contributed by atoms with van der Waals surface area (Å²) in [6.07, 6.45) is 0. The van der Waals surface area contributed by atoms with E-state index in [9.17, 15) is 0 Å². The van der Waals surface area contributed by atoms with E-state index < -0.39 is 0 Å². The smallest absolute Gasteiger partial charge is 0.273 e. The number of thiazole rings is 1. The standard InChI is InChI=1S/C12H21NOS/c1-11(2,3)8-14-10-13-9(7-15-10)12(4,5)6/h7H,8H2,1-6H3. The van der Waals surface area contributed by atoms with Gasteiger partial charge in [-0.05, 0) is 5.41 Å². The van der Waals surface area contributed by atoms with Crippen LogP contribution in [0.4, 0.5) is 0 Å². The first-order chi connectivity index (χ1) is 6.68. The molecule has 0 aliphatic heterocycles. The summed E-state index contributed by atoms with van der Waals surface area (Å²) in [4.78, 5) is 4.48. The van der Waals surface area contributed by atoms with Crippen molar-refractivity contribution in [3.8, 4) is 5.19 Å². The molecular formula is C12H21NOS. The fraction of sp³-hybridized carbons (Fsp3) is 0.750. The van der Waals surface area contributed by atoms with E-state index in [0.29, 0.717) is 6.61 Å². The van der Waals surface area contributed by atoms with Gasteiger partial charge in [0.05, 0.1) is 12.3 Å². The third-order valence-corrected chi connectivity index (χ3v) is 2.63. The third kappa shape index (κ3) is 4.20. The lowest BCUT2D eigenvalue weighted by molar-refractivity contribution is 0.196. The third-order valence-electron chi connectivity index (χ3n) is 1.88. The van der Waals surface area contributed by atoms with Crippen LogP contribution in [0.25, 0.3) is 0 Å². The Morgan fingerprint density at radius 2 is 1.80 bits per heavy atom. The number of hydrogen-bond donors (Lipinski definition) is 0. The molecule has 15 heavy (non-hydrogen) atoms. The monoisotopic (exact) mass is 227 g/mol. The Bertz CT molecular complexity index is 317. The highest BCUT2D eigenvalue weighted by Gasteiger charge is 2.19. The molecule has 1 aromatic heterocycles. The molecular weight excluding hydrogens is 206 g/mol. The summed E-state index contributed by atoms with van der Waals surface area (Å²) in [5.74, 6) is 0. The molecule has 0 amide bonds. The second kappa shape index (κ2) is 4.12. The van der Waals surface area contributed by atoms with Gasteiger partial charge in [-0.1, -0.05) is 52.9 Å². The van der Waals surface area contributed by atoms with Gasteiger partial charge >= 0.3 is 0 Å². The lowest BCUT2D eigenvalue weighted by Crippen LogP contribution is -2.17. The summed E-state index contributed by atoms with van der Waals surface area (Å²) >= 11 is 1.58. The van der Waals surface area contributed by atoms with Crippen LogP contribution in [-0.2, 0) is 5.41 Å². The summed E-state index contributed by atoms with van der Waals surface area (Å²) in [5.41, 5.74) is 1.41. The zero-order valence-electron chi connectivity index (χ0n) is 10.5. The Morgan fingerprint density at radius 1 is 1.20 bits per heavy atom. The first kappa shape index (κ1) is 12.5. The van der Waals surface area contributed by atoms with Crippen LogP contribution in [0.5, 0.6) is 5.19 Å². The van der Waals surface area contributed by atoms with Crippen LogP contribution < -0.4 is 4.74 Å². The van der Waals surface area contributed by atoms with Gasteiger partial charge in [0.15, 0.2) is 0 Å². The minimum atomic E-state index is 0.111. The Balaban J connectivity index is 2.62. The van der Waals surface area contributed by atoms with E-state index in [1.807, 2.05) is 0 Å². The van der Waals surface area contributed by atoms with Crippen molar-refractivity contribution in [2.45, 2.75) is 47.0 Å². The minimum absolute atomic E-state index is 0.111. The predicted octanol–water partition coefficient (Wildman–Crippen LogP) is 3.87. The van der Waals surface area contributed by atoms with Gasteiger partial charge in [0.25, 0.3) is 5.19 Å². The first-order valence-electron chi connectivity index (χ1n) is 5.27. The summed E-state index contributed by atoms with van der Waals surface area (Å²) in [6, 6.07) is 0. The molecule has 0 atom stereocenters. The number of hydrogen-bond acceptors (Lipinski definition) is 3. The second-order valence-corrected chi connectivity index (χ2v) is 6.92. The van der Waals surface area contributed by atoms with Gasteiger partial charge in [0.2, 0.25) is 0 Å². The van der Waals surface area contributed by atoms with Gasteiger partial charge in [-0.25, -0.2) is 4.98 Å². The van der Waals surface area contributed by atoms with Gasteiger partial charge in [-0.15, -0.1) is 0 Å². The Morgan fingerprint density at radius 3 is 2.20 bits per heavy atom. The average Bonchev–Trinajstić information content (AvgIpc) is 2.45. The van der Waals surface area contributed by atoms with E-state index >= 15 is 0 Å². The lowest BCUT2D eigenvalue weighted by atomic mass is 9.93. The molecule has 0 radical (unpaired) electrons. The van der Waals surface area contributed by atoms with Crippen molar-refractivity contribution in [2.24, 2.45) is 5.41 Å². The van der Waals surface area contributed by atoms with Gasteiger partial charge in [0, 0.05) is 10.8 Å². The van der Waals surface area contributed by atoms with Crippen molar-refractivity contribution < 1.29 is 4.74 Å². The highest BCUT2D eigenvalue weighted by Crippen LogP contribution is 2.28. The van der Waals surface area contributed by atoms with Crippen molar-refractivity contribution in [1.29, 1.82) is 0 Å². The summed E-state index contributed by atoms with van der Waals surface area (Å²) in [5, 5.41) is 2.87. The maximum Gasteiger partial charge on any atom is 0.273 e. The SMILES string of the molecule is CC(C)(C)COc1nc(C(C)(C)C)cs1. The van der Waals surface area contributed by atoms with Crippen molar-refractivity contribution in [2.75, 3.05) is 6.61 Å². The molecule has 1 aromatic rings. The highest BCUT2D eigenvalue weighted by atomic mass is 32.1. The fourth-order valence-electron chi connectivity index (χ4n) is 0.946. The average molecular weight is 227 g/mol.